The molecular weight excluding hydrogens is 381 g/mol. The first-order valence-electron chi connectivity index (χ1n) is 9.22. The molecule has 3 rings (SSSR count). The summed E-state index contributed by atoms with van der Waals surface area (Å²) in [6.07, 6.45) is 1.41. The summed E-state index contributed by atoms with van der Waals surface area (Å²) in [6.45, 7) is 1.19. The van der Waals surface area contributed by atoms with Crippen molar-refractivity contribution in [3.05, 3.63) is 70.5 Å². The van der Waals surface area contributed by atoms with Crippen LogP contribution >= 0.6 is 11.6 Å². The average Bonchev–Trinajstić information content (AvgIpc) is 3.17. The van der Waals surface area contributed by atoms with Crippen LogP contribution in [0.25, 0.3) is 0 Å². The minimum absolute atomic E-state index is 0.0895. The Morgan fingerprint density at radius 3 is 2.68 bits per heavy atom. The number of halogens is 2. The zero-order valence-electron chi connectivity index (χ0n) is 15.7. The molecule has 1 aliphatic rings. The Hall–Kier alpha value is -2.60. The Morgan fingerprint density at radius 1 is 1.21 bits per heavy atom. The number of likely N-dealkylation sites (tertiary alicyclic amines) is 1. The zero-order chi connectivity index (χ0) is 20.1. The van der Waals surface area contributed by atoms with Crippen LogP contribution in [0, 0.1) is 5.82 Å². The van der Waals surface area contributed by atoms with Crippen LogP contribution in [-0.4, -0.2) is 41.4 Å². The van der Waals surface area contributed by atoms with E-state index in [1.165, 1.54) is 12.1 Å². The number of amides is 3. The van der Waals surface area contributed by atoms with Crippen LogP contribution in [-0.2, 0) is 17.9 Å². The molecule has 1 atom stereocenters. The number of carbonyl (C=O) groups is 2. The number of benzene rings is 2. The molecule has 1 N–H and O–H groups in total. The van der Waals surface area contributed by atoms with Crippen molar-refractivity contribution in [2.45, 2.75) is 32.0 Å². The van der Waals surface area contributed by atoms with E-state index < -0.39 is 6.04 Å². The Balaban J connectivity index is 1.58. The van der Waals surface area contributed by atoms with Crippen molar-refractivity contribution in [1.82, 2.24) is 15.1 Å². The van der Waals surface area contributed by atoms with Crippen LogP contribution in [0.1, 0.15) is 24.0 Å². The number of nitrogens with zero attached hydrogens (tertiary/aromatic N) is 2. The number of hydrogen-bond donors (Lipinski definition) is 1. The molecule has 0 aliphatic carbocycles. The third-order valence-corrected chi connectivity index (χ3v) is 5.09. The van der Waals surface area contributed by atoms with Gasteiger partial charge in [0.1, 0.15) is 11.9 Å². The van der Waals surface area contributed by atoms with Gasteiger partial charge < -0.3 is 15.1 Å². The highest BCUT2D eigenvalue weighted by Crippen LogP contribution is 2.20. The Labute approximate surface area is 169 Å². The first kappa shape index (κ1) is 20.1. The minimum Gasteiger partial charge on any atom is -0.340 e. The molecule has 0 bridgehead atoms. The Kier molecular flexibility index (Phi) is 6.52. The maximum absolute atomic E-state index is 13.3. The van der Waals surface area contributed by atoms with Crippen LogP contribution < -0.4 is 5.32 Å². The lowest BCUT2D eigenvalue weighted by molar-refractivity contribution is -0.134. The van der Waals surface area contributed by atoms with E-state index in [-0.39, 0.29) is 24.3 Å². The van der Waals surface area contributed by atoms with Gasteiger partial charge in [-0.2, -0.15) is 0 Å². The monoisotopic (exact) mass is 403 g/mol. The van der Waals surface area contributed by atoms with Crippen molar-refractivity contribution in [2.24, 2.45) is 0 Å². The van der Waals surface area contributed by atoms with Gasteiger partial charge in [-0.15, -0.1) is 0 Å². The van der Waals surface area contributed by atoms with Gasteiger partial charge in [-0.3, -0.25) is 4.79 Å². The number of rotatable bonds is 5. The van der Waals surface area contributed by atoms with E-state index in [1.54, 1.807) is 41.1 Å². The van der Waals surface area contributed by atoms with Gasteiger partial charge in [-0.1, -0.05) is 35.9 Å². The topological polar surface area (TPSA) is 52.7 Å². The Morgan fingerprint density at radius 2 is 1.96 bits per heavy atom. The number of likely N-dealkylation sites (N-methyl/N-ethyl adjacent to an activating group) is 1. The normalized spacial score (nSPS) is 16.1. The summed E-state index contributed by atoms with van der Waals surface area (Å²) in [5.41, 5.74) is 1.65. The summed E-state index contributed by atoms with van der Waals surface area (Å²) in [7, 11) is 1.73. The second-order valence-corrected chi connectivity index (χ2v) is 7.40. The third-order valence-electron chi connectivity index (χ3n) is 4.84. The fourth-order valence-corrected chi connectivity index (χ4v) is 3.51. The van der Waals surface area contributed by atoms with E-state index in [1.807, 2.05) is 12.1 Å². The van der Waals surface area contributed by atoms with E-state index in [9.17, 15) is 14.0 Å². The predicted molar refractivity (Wildman–Crippen MR) is 106 cm³/mol. The quantitative estimate of drug-likeness (QED) is 0.825. The molecule has 148 valence electrons. The van der Waals surface area contributed by atoms with Crippen LogP contribution in [0.15, 0.2) is 48.5 Å². The van der Waals surface area contributed by atoms with E-state index in [0.29, 0.717) is 30.1 Å². The fraction of sp³-hybridized carbons (Fsp3) is 0.333. The molecule has 5 nitrogen and oxygen atoms in total. The highest BCUT2D eigenvalue weighted by Gasteiger charge is 2.35. The van der Waals surface area contributed by atoms with E-state index in [2.05, 4.69) is 5.32 Å². The second-order valence-electron chi connectivity index (χ2n) is 6.96. The van der Waals surface area contributed by atoms with Crippen molar-refractivity contribution in [1.29, 1.82) is 0 Å². The van der Waals surface area contributed by atoms with Gasteiger partial charge in [-0.05, 0) is 48.2 Å². The van der Waals surface area contributed by atoms with Crippen molar-refractivity contribution in [3.8, 4) is 0 Å². The molecule has 2 aromatic carbocycles. The van der Waals surface area contributed by atoms with E-state index in [0.717, 1.165) is 12.0 Å². The molecule has 2 aromatic rings. The van der Waals surface area contributed by atoms with Gasteiger partial charge in [0.15, 0.2) is 0 Å². The highest BCUT2D eigenvalue weighted by atomic mass is 35.5. The predicted octanol–water partition coefficient (Wildman–Crippen LogP) is 3.81. The fourth-order valence-electron chi connectivity index (χ4n) is 3.39. The maximum atomic E-state index is 13.3. The number of hydrogen-bond acceptors (Lipinski definition) is 2. The zero-order valence-corrected chi connectivity index (χ0v) is 16.5. The lowest BCUT2D eigenvalue weighted by Gasteiger charge is -2.28. The molecule has 1 heterocycles. The molecule has 1 aliphatic heterocycles. The number of carbonyl (C=O) groups excluding carboxylic acids is 2. The average molecular weight is 404 g/mol. The van der Waals surface area contributed by atoms with Gasteiger partial charge in [0.25, 0.3) is 0 Å². The largest absolute Gasteiger partial charge is 0.340 e. The second kappa shape index (κ2) is 9.06. The molecule has 1 fully saturated rings. The smallest absolute Gasteiger partial charge is 0.318 e. The molecule has 0 unspecified atom stereocenters. The molecule has 0 radical (unpaired) electrons. The summed E-state index contributed by atoms with van der Waals surface area (Å²) in [5, 5.41) is 3.43. The van der Waals surface area contributed by atoms with Crippen molar-refractivity contribution < 1.29 is 14.0 Å². The summed E-state index contributed by atoms with van der Waals surface area (Å²) in [6, 6.07) is 12.6. The lowest BCUT2D eigenvalue weighted by atomic mass is 10.1. The molecule has 0 spiro atoms. The molecule has 7 heteroatoms. The molecule has 3 amide bonds. The van der Waals surface area contributed by atoms with Gasteiger partial charge in [0, 0.05) is 31.7 Å². The van der Waals surface area contributed by atoms with Crippen molar-refractivity contribution in [3.63, 3.8) is 0 Å². The van der Waals surface area contributed by atoms with Crippen LogP contribution in [0.5, 0.6) is 0 Å². The standard InChI is InChI=1S/C21H23ClFN3O2/c1-25(14-15-7-9-17(22)10-8-15)20(27)19-6-3-11-26(19)21(28)24-13-16-4-2-5-18(23)12-16/h2,4-5,7-10,12,19H,3,6,11,13-14H2,1H3,(H,24,28)/t19-/m1/s1. The SMILES string of the molecule is CN(Cc1ccc(Cl)cc1)C(=O)[C@H]1CCCN1C(=O)NCc1cccc(F)c1. The number of nitrogens with one attached hydrogen (secondary N) is 1. The van der Waals surface area contributed by atoms with Crippen molar-refractivity contribution >= 4 is 23.5 Å². The maximum Gasteiger partial charge on any atom is 0.318 e. The molecule has 0 aromatic heterocycles. The van der Waals surface area contributed by atoms with Gasteiger partial charge in [0.05, 0.1) is 0 Å². The Bertz CT molecular complexity index is 844. The summed E-state index contributed by atoms with van der Waals surface area (Å²) in [4.78, 5) is 28.7. The highest BCUT2D eigenvalue weighted by molar-refractivity contribution is 6.30. The molecule has 1 saturated heterocycles. The van der Waals surface area contributed by atoms with E-state index >= 15 is 0 Å². The van der Waals surface area contributed by atoms with Gasteiger partial charge >= 0.3 is 6.03 Å². The van der Waals surface area contributed by atoms with Gasteiger partial charge in [-0.25, -0.2) is 9.18 Å². The molecular formula is C21H23ClFN3O2. The summed E-state index contributed by atoms with van der Waals surface area (Å²) < 4.78 is 13.3. The van der Waals surface area contributed by atoms with E-state index in [4.69, 9.17) is 11.6 Å². The summed E-state index contributed by atoms with van der Waals surface area (Å²) >= 11 is 5.90. The van der Waals surface area contributed by atoms with Gasteiger partial charge in [0.2, 0.25) is 5.91 Å². The molecule has 28 heavy (non-hydrogen) atoms. The third kappa shape index (κ3) is 5.01. The lowest BCUT2D eigenvalue weighted by Crippen LogP contribution is -2.49. The number of urea groups is 1. The van der Waals surface area contributed by atoms with Crippen molar-refractivity contribution in [2.75, 3.05) is 13.6 Å². The van der Waals surface area contributed by atoms with Crippen LogP contribution in [0.4, 0.5) is 9.18 Å². The summed E-state index contributed by atoms with van der Waals surface area (Å²) in [5.74, 6) is -0.432. The minimum atomic E-state index is -0.482. The first-order chi connectivity index (χ1) is 13.4. The first-order valence-corrected chi connectivity index (χ1v) is 9.60. The van der Waals surface area contributed by atoms with Crippen LogP contribution in [0.2, 0.25) is 5.02 Å². The molecule has 0 saturated carbocycles. The van der Waals surface area contributed by atoms with Crippen LogP contribution in [0.3, 0.4) is 0 Å².